The minimum atomic E-state index is -3.39. The lowest BCUT2D eigenvalue weighted by Gasteiger charge is -2.25. The number of carbonyl (C=O) groups is 1. The molecule has 7 heteroatoms. The second-order valence-corrected chi connectivity index (χ2v) is 7.45. The second-order valence-electron chi connectivity index (χ2n) is 4.12. The van der Waals surface area contributed by atoms with Crippen LogP contribution in [0.5, 0.6) is 0 Å². The van der Waals surface area contributed by atoms with Crippen molar-refractivity contribution in [2.75, 3.05) is 5.75 Å². The standard InChI is InChI=1S/C9H15NO4S2/c1-2-8-10(7(5-15-8)9(11)12)16(13,14)6-3-4-6/h6-8H,2-5H2,1H3,(H,11,12). The lowest BCUT2D eigenvalue weighted by molar-refractivity contribution is -0.140. The van der Waals surface area contributed by atoms with Crippen LogP contribution in [-0.2, 0) is 14.8 Å². The predicted octanol–water partition coefficient (Wildman–Crippen LogP) is 0.717. The summed E-state index contributed by atoms with van der Waals surface area (Å²) >= 11 is 1.42. The first-order valence-electron chi connectivity index (χ1n) is 5.35. The van der Waals surface area contributed by atoms with E-state index < -0.39 is 22.0 Å². The molecule has 0 aromatic heterocycles. The maximum absolute atomic E-state index is 12.1. The fourth-order valence-corrected chi connectivity index (χ4v) is 5.85. The molecule has 2 fully saturated rings. The van der Waals surface area contributed by atoms with Crippen molar-refractivity contribution in [3.63, 3.8) is 0 Å². The molecule has 2 aliphatic rings. The fourth-order valence-electron chi connectivity index (χ4n) is 1.91. The topological polar surface area (TPSA) is 74.7 Å². The minimum Gasteiger partial charge on any atom is -0.480 e. The van der Waals surface area contributed by atoms with Crippen molar-refractivity contribution in [2.45, 2.75) is 42.9 Å². The van der Waals surface area contributed by atoms with Crippen molar-refractivity contribution in [1.29, 1.82) is 0 Å². The van der Waals surface area contributed by atoms with Crippen LogP contribution >= 0.6 is 11.8 Å². The van der Waals surface area contributed by atoms with Gasteiger partial charge in [-0.15, -0.1) is 11.8 Å². The fraction of sp³-hybridized carbons (Fsp3) is 0.889. The van der Waals surface area contributed by atoms with Gasteiger partial charge in [-0.05, 0) is 19.3 Å². The van der Waals surface area contributed by atoms with E-state index in [0.29, 0.717) is 25.0 Å². The summed E-state index contributed by atoms with van der Waals surface area (Å²) in [5.74, 6) is -0.674. The molecule has 16 heavy (non-hydrogen) atoms. The normalized spacial score (nSPS) is 31.8. The molecule has 1 aliphatic heterocycles. The Kier molecular flexibility index (Phi) is 3.20. The number of hydrogen-bond donors (Lipinski definition) is 1. The van der Waals surface area contributed by atoms with Crippen molar-refractivity contribution >= 4 is 27.8 Å². The second kappa shape index (κ2) is 4.19. The third-order valence-corrected chi connectivity index (χ3v) is 6.91. The van der Waals surface area contributed by atoms with E-state index in [2.05, 4.69) is 0 Å². The molecule has 2 rings (SSSR count). The third-order valence-electron chi connectivity index (χ3n) is 2.91. The number of sulfonamides is 1. The summed E-state index contributed by atoms with van der Waals surface area (Å²) in [6.07, 6.45) is 2.00. The Morgan fingerprint density at radius 1 is 1.50 bits per heavy atom. The molecular weight excluding hydrogens is 250 g/mol. The maximum Gasteiger partial charge on any atom is 0.322 e. The van der Waals surface area contributed by atoms with Crippen molar-refractivity contribution in [2.24, 2.45) is 0 Å². The van der Waals surface area contributed by atoms with Crippen molar-refractivity contribution in [3.05, 3.63) is 0 Å². The zero-order valence-electron chi connectivity index (χ0n) is 9.00. The number of aliphatic carboxylic acids is 1. The molecule has 1 heterocycles. The highest BCUT2D eigenvalue weighted by molar-refractivity contribution is 8.01. The van der Waals surface area contributed by atoms with E-state index in [-0.39, 0.29) is 10.6 Å². The lowest BCUT2D eigenvalue weighted by atomic mass is 10.3. The van der Waals surface area contributed by atoms with Gasteiger partial charge in [0.05, 0.1) is 10.6 Å². The van der Waals surface area contributed by atoms with Crippen molar-refractivity contribution in [3.8, 4) is 0 Å². The summed E-state index contributed by atoms with van der Waals surface area (Å²) in [7, 11) is -3.39. The first-order chi connectivity index (χ1) is 7.48. The molecule has 1 saturated heterocycles. The van der Waals surface area contributed by atoms with Crippen LogP contribution in [0.1, 0.15) is 26.2 Å². The molecule has 0 aromatic rings. The van der Waals surface area contributed by atoms with Crippen molar-refractivity contribution < 1.29 is 18.3 Å². The Labute approximate surface area is 99.2 Å². The van der Waals surface area contributed by atoms with Gasteiger partial charge in [-0.25, -0.2) is 8.42 Å². The molecule has 0 aromatic carbocycles. The van der Waals surface area contributed by atoms with Gasteiger partial charge in [-0.3, -0.25) is 4.79 Å². The Balaban J connectivity index is 2.29. The summed E-state index contributed by atoms with van der Waals surface area (Å²) < 4.78 is 25.5. The zero-order valence-corrected chi connectivity index (χ0v) is 10.6. The number of thioether (sulfide) groups is 1. The third kappa shape index (κ3) is 1.96. The van der Waals surface area contributed by atoms with E-state index in [4.69, 9.17) is 5.11 Å². The van der Waals surface area contributed by atoms with Gasteiger partial charge in [0.1, 0.15) is 6.04 Å². The van der Waals surface area contributed by atoms with E-state index in [0.717, 1.165) is 0 Å². The van der Waals surface area contributed by atoms with Crippen LogP contribution in [0.2, 0.25) is 0 Å². The maximum atomic E-state index is 12.1. The first-order valence-corrected chi connectivity index (χ1v) is 7.90. The molecule has 0 spiro atoms. The van der Waals surface area contributed by atoms with Gasteiger partial charge in [-0.2, -0.15) is 4.31 Å². The zero-order chi connectivity index (χ0) is 11.9. The molecule has 0 amide bonds. The van der Waals surface area contributed by atoms with Crippen LogP contribution in [0.25, 0.3) is 0 Å². The van der Waals surface area contributed by atoms with E-state index in [1.807, 2.05) is 6.92 Å². The molecule has 1 aliphatic carbocycles. The SMILES string of the molecule is CCC1SCC(C(=O)O)N1S(=O)(=O)C1CC1. The van der Waals surface area contributed by atoms with Crippen LogP contribution in [0, 0.1) is 0 Å². The van der Waals surface area contributed by atoms with Gasteiger partial charge in [0.2, 0.25) is 10.0 Å². The smallest absolute Gasteiger partial charge is 0.322 e. The van der Waals surface area contributed by atoms with Crippen LogP contribution in [0.3, 0.4) is 0 Å². The van der Waals surface area contributed by atoms with Gasteiger partial charge in [0, 0.05) is 5.75 Å². The van der Waals surface area contributed by atoms with Gasteiger partial charge >= 0.3 is 5.97 Å². The molecule has 1 saturated carbocycles. The lowest BCUT2D eigenvalue weighted by Crippen LogP contribution is -2.46. The number of carboxylic acids is 1. The molecular formula is C9H15NO4S2. The molecule has 92 valence electrons. The highest BCUT2D eigenvalue weighted by Crippen LogP contribution is 2.40. The van der Waals surface area contributed by atoms with Gasteiger partial charge < -0.3 is 5.11 Å². The summed E-state index contributed by atoms with van der Waals surface area (Å²) in [4.78, 5) is 11.0. The number of nitrogens with zero attached hydrogens (tertiary/aromatic N) is 1. The molecule has 2 unspecified atom stereocenters. The minimum absolute atomic E-state index is 0.202. The molecule has 0 bridgehead atoms. The summed E-state index contributed by atoms with van der Waals surface area (Å²) in [6.45, 7) is 1.89. The predicted molar refractivity (Wildman–Crippen MR) is 61.7 cm³/mol. The molecule has 1 N–H and O–H groups in total. The monoisotopic (exact) mass is 265 g/mol. The van der Waals surface area contributed by atoms with Crippen molar-refractivity contribution in [1.82, 2.24) is 4.31 Å². The van der Waals surface area contributed by atoms with Crippen LogP contribution in [0.4, 0.5) is 0 Å². The van der Waals surface area contributed by atoms with Crippen LogP contribution in [-0.4, -0.2) is 46.2 Å². The van der Waals surface area contributed by atoms with Gasteiger partial charge in [-0.1, -0.05) is 6.92 Å². The van der Waals surface area contributed by atoms with Crippen LogP contribution in [0.15, 0.2) is 0 Å². The Hall–Kier alpha value is -0.270. The highest BCUT2D eigenvalue weighted by Gasteiger charge is 2.50. The van der Waals surface area contributed by atoms with Gasteiger partial charge in [0.25, 0.3) is 0 Å². The Morgan fingerprint density at radius 2 is 2.12 bits per heavy atom. The first kappa shape index (κ1) is 12.2. The summed E-state index contributed by atoms with van der Waals surface area (Å²) in [5, 5.41) is 8.51. The molecule has 2 atom stereocenters. The quantitative estimate of drug-likeness (QED) is 0.810. The summed E-state index contributed by atoms with van der Waals surface area (Å²) in [6, 6.07) is -0.874. The number of hydrogen-bond acceptors (Lipinski definition) is 4. The summed E-state index contributed by atoms with van der Waals surface area (Å²) in [5.41, 5.74) is 0. The number of carboxylic acid groups (broad SMARTS) is 1. The van der Waals surface area contributed by atoms with Gasteiger partial charge in [0.15, 0.2) is 0 Å². The Bertz CT molecular complexity index is 390. The van der Waals surface area contributed by atoms with E-state index in [1.54, 1.807) is 0 Å². The van der Waals surface area contributed by atoms with E-state index in [9.17, 15) is 13.2 Å². The Morgan fingerprint density at radius 3 is 2.56 bits per heavy atom. The largest absolute Gasteiger partial charge is 0.480 e. The average Bonchev–Trinajstić information content (AvgIpc) is 2.96. The van der Waals surface area contributed by atoms with Crippen LogP contribution < -0.4 is 0 Å². The highest BCUT2D eigenvalue weighted by atomic mass is 32.2. The molecule has 0 radical (unpaired) electrons. The molecule has 5 nitrogen and oxygen atoms in total. The number of rotatable bonds is 4. The van der Waals surface area contributed by atoms with E-state index >= 15 is 0 Å². The average molecular weight is 265 g/mol. The van der Waals surface area contributed by atoms with E-state index in [1.165, 1.54) is 16.1 Å².